The fraction of sp³-hybridized carbons (Fsp3) is 0.300. The van der Waals surface area contributed by atoms with Gasteiger partial charge in [-0.3, -0.25) is 9.48 Å². The van der Waals surface area contributed by atoms with E-state index in [1.54, 1.807) is 16.3 Å². The highest BCUT2D eigenvalue weighted by atomic mass is 32.1. The molecule has 28 heavy (non-hydrogen) atoms. The van der Waals surface area contributed by atoms with Crippen LogP contribution >= 0.6 is 11.3 Å². The van der Waals surface area contributed by atoms with Crippen LogP contribution in [0.25, 0.3) is 0 Å². The predicted octanol–water partition coefficient (Wildman–Crippen LogP) is 4.91. The van der Waals surface area contributed by atoms with E-state index in [-0.39, 0.29) is 12.5 Å². The van der Waals surface area contributed by atoms with Crippen molar-refractivity contribution in [3.63, 3.8) is 0 Å². The number of halogens is 3. The maximum Gasteiger partial charge on any atom is 0.435 e. The molecular formula is C20H18F3N3OS. The van der Waals surface area contributed by atoms with Crippen LogP contribution in [0.1, 0.15) is 38.5 Å². The molecule has 146 valence electrons. The number of fused-ring (bicyclic) bond motifs is 1. The number of alkyl halides is 3. The second-order valence-electron chi connectivity index (χ2n) is 6.91. The third kappa shape index (κ3) is 3.69. The Balaban J connectivity index is 1.52. The van der Waals surface area contributed by atoms with Crippen molar-refractivity contribution in [1.82, 2.24) is 9.78 Å². The SMILES string of the molecule is Cc1ccc2c(c1)CCCN2C(=O)c1cc(Cn2ccc(C(F)(F)F)n2)cs1. The Bertz CT molecular complexity index is 1020. The summed E-state index contributed by atoms with van der Waals surface area (Å²) in [5.41, 5.74) is 3.13. The van der Waals surface area contributed by atoms with Gasteiger partial charge in [-0.2, -0.15) is 18.3 Å². The van der Waals surface area contributed by atoms with E-state index >= 15 is 0 Å². The minimum atomic E-state index is -4.46. The average Bonchev–Trinajstić information content (AvgIpc) is 3.30. The summed E-state index contributed by atoms with van der Waals surface area (Å²) in [5.74, 6) is -0.0718. The first-order valence-electron chi connectivity index (χ1n) is 8.91. The number of thiophene rings is 1. The van der Waals surface area contributed by atoms with Crippen molar-refractivity contribution in [2.75, 3.05) is 11.4 Å². The zero-order chi connectivity index (χ0) is 19.9. The standard InChI is InChI=1S/C20H18F3N3OS/c1-13-4-5-16-15(9-13)3-2-7-26(16)19(27)17-10-14(12-28-17)11-25-8-6-18(24-25)20(21,22)23/h4-6,8-10,12H,2-3,7,11H2,1H3. The summed E-state index contributed by atoms with van der Waals surface area (Å²) in [6.45, 7) is 2.89. The van der Waals surface area contributed by atoms with E-state index in [1.807, 2.05) is 19.1 Å². The van der Waals surface area contributed by atoms with Crippen molar-refractivity contribution in [3.8, 4) is 0 Å². The topological polar surface area (TPSA) is 38.1 Å². The van der Waals surface area contributed by atoms with Gasteiger partial charge in [0.15, 0.2) is 5.69 Å². The lowest BCUT2D eigenvalue weighted by molar-refractivity contribution is -0.141. The second kappa shape index (κ2) is 7.09. The number of hydrogen-bond acceptors (Lipinski definition) is 3. The Kier molecular flexibility index (Phi) is 4.74. The molecule has 4 nitrogen and oxygen atoms in total. The van der Waals surface area contributed by atoms with Gasteiger partial charge in [0, 0.05) is 18.4 Å². The summed E-state index contributed by atoms with van der Waals surface area (Å²) in [6, 6.07) is 8.79. The van der Waals surface area contributed by atoms with Gasteiger partial charge < -0.3 is 4.90 Å². The molecule has 0 radical (unpaired) electrons. The number of nitrogens with zero attached hydrogens (tertiary/aromatic N) is 3. The summed E-state index contributed by atoms with van der Waals surface area (Å²) in [5, 5.41) is 5.35. The van der Waals surface area contributed by atoms with Crippen LogP contribution in [0.2, 0.25) is 0 Å². The van der Waals surface area contributed by atoms with Crippen LogP contribution in [0.15, 0.2) is 41.9 Å². The molecule has 4 rings (SSSR count). The Morgan fingerprint density at radius 2 is 2.07 bits per heavy atom. The molecule has 0 bridgehead atoms. The van der Waals surface area contributed by atoms with Crippen molar-refractivity contribution >= 4 is 22.9 Å². The molecule has 0 aliphatic carbocycles. The highest BCUT2D eigenvalue weighted by molar-refractivity contribution is 7.12. The van der Waals surface area contributed by atoms with E-state index in [0.29, 0.717) is 11.4 Å². The first-order chi connectivity index (χ1) is 13.3. The van der Waals surface area contributed by atoms with Crippen LogP contribution in [0, 0.1) is 6.92 Å². The maximum absolute atomic E-state index is 13.0. The number of anilines is 1. The molecule has 0 saturated heterocycles. The van der Waals surface area contributed by atoms with Crippen molar-refractivity contribution in [1.29, 1.82) is 0 Å². The molecule has 0 atom stereocenters. The number of carbonyl (C=O) groups excluding carboxylic acids is 1. The van der Waals surface area contributed by atoms with Gasteiger partial charge in [-0.15, -0.1) is 11.3 Å². The fourth-order valence-electron chi connectivity index (χ4n) is 3.43. The van der Waals surface area contributed by atoms with Crippen molar-refractivity contribution in [2.45, 2.75) is 32.5 Å². The first-order valence-corrected chi connectivity index (χ1v) is 9.79. The van der Waals surface area contributed by atoms with E-state index in [0.717, 1.165) is 30.2 Å². The minimum absolute atomic E-state index is 0.0718. The number of aromatic nitrogens is 2. The normalized spacial score (nSPS) is 14.2. The fourth-order valence-corrected chi connectivity index (χ4v) is 4.28. The van der Waals surface area contributed by atoms with Crippen LogP contribution in [0.5, 0.6) is 0 Å². The lowest BCUT2D eigenvalue weighted by atomic mass is 9.99. The van der Waals surface area contributed by atoms with Gasteiger partial charge >= 0.3 is 6.18 Å². The molecule has 1 aliphatic heterocycles. The van der Waals surface area contributed by atoms with Crippen LogP contribution in [0.3, 0.4) is 0 Å². The summed E-state index contributed by atoms with van der Waals surface area (Å²) in [4.78, 5) is 15.4. The Labute approximate surface area is 164 Å². The number of benzene rings is 1. The summed E-state index contributed by atoms with van der Waals surface area (Å²) in [6.07, 6.45) is -1.29. The molecule has 0 unspecified atom stereocenters. The maximum atomic E-state index is 13.0. The Hall–Kier alpha value is -2.61. The zero-order valence-corrected chi connectivity index (χ0v) is 16.0. The third-order valence-corrected chi connectivity index (χ3v) is 5.71. The quantitative estimate of drug-likeness (QED) is 0.621. The molecule has 0 saturated carbocycles. The molecule has 0 N–H and O–H groups in total. The van der Waals surface area contributed by atoms with Crippen LogP contribution in [-0.2, 0) is 19.1 Å². The van der Waals surface area contributed by atoms with Gasteiger partial charge in [-0.1, -0.05) is 17.7 Å². The summed E-state index contributed by atoms with van der Waals surface area (Å²) >= 11 is 1.31. The smallest absolute Gasteiger partial charge is 0.307 e. The van der Waals surface area contributed by atoms with Crippen LogP contribution < -0.4 is 4.90 Å². The van der Waals surface area contributed by atoms with E-state index < -0.39 is 11.9 Å². The molecule has 3 aromatic rings. The highest BCUT2D eigenvalue weighted by Gasteiger charge is 2.33. The van der Waals surface area contributed by atoms with Gasteiger partial charge in [-0.25, -0.2) is 0 Å². The lowest BCUT2D eigenvalue weighted by Gasteiger charge is -2.29. The molecule has 0 spiro atoms. The third-order valence-electron chi connectivity index (χ3n) is 4.74. The molecule has 8 heteroatoms. The van der Waals surface area contributed by atoms with E-state index in [1.165, 1.54) is 33.3 Å². The number of aryl methyl sites for hydroxylation is 2. The molecule has 1 aliphatic rings. The lowest BCUT2D eigenvalue weighted by Crippen LogP contribution is -2.35. The number of carbonyl (C=O) groups is 1. The number of hydrogen-bond donors (Lipinski definition) is 0. The monoisotopic (exact) mass is 405 g/mol. The van der Waals surface area contributed by atoms with Crippen molar-refractivity contribution in [2.24, 2.45) is 0 Å². The molecular weight excluding hydrogens is 387 g/mol. The van der Waals surface area contributed by atoms with Gasteiger partial charge in [0.2, 0.25) is 0 Å². The second-order valence-corrected chi connectivity index (χ2v) is 7.82. The van der Waals surface area contributed by atoms with E-state index in [9.17, 15) is 18.0 Å². The molecule has 3 heterocycles. The molecule has 1 aromatic carbocycles. The van der Waals surface area contributed by atoms with Gasteiger partial charge in [0.1, 0.15) is 0 Å². The van der Waals surface area contributed by atoms with Gasteiger partial charge in [-0.05, 0) is 54.5 Å². The highest BCUT2D eigenvalue weighted by Crippen LogP contribution is 2.31. The predicted molar refractivity (Wildman–Crippen MR) is 102 cm³/mol. The zero-order valence-electron chi connectivity index (χ0n) is 15.2. The van der Waals surface area contributed by atoms with Crippen LogP contribution in [-0.4, -0.2) is 22.2 Å². The van der Waals surface area contributed by atoms with Crippen LogP contribution in [0.4, 0.5) is 18.9 Å². The molecule has 0 fully saturated rings. The van der Waals surface area contributed by atoms with Gasteiger partial charge in [0.25, 0.3) is 5.91 Å². The molecule has 1 amide bonds. The number of rotatable bonds is 3. The van der Waals surface area contributed by atoms with Crippen molar-refractivity contribution in [3.05, 3.63) is 69.2 Å². The van der Waals surface area contributed by atoms with E-state index in [2.05, 4.69) is 11.2 Å². The van der Waals surface area contributed by atoms with E-state index in [4.69, 9.17) is 0 Å². The summed E-state index contributed by atoms with van der Waals surface area (Å²) < 4.78 is 39.3. The van der Waals surface area contributed by atoms with Crippen molar-refractivity contribution < 1.29 is 18.0 Å². The minimum Gasteiger partial charge on any atom is -0.307 e. The number of amides is 1. The summed E-state index contributed by atoms with van der Waals surface area (Å²) in [7, 11) is 0. The average molecular weight is 405 g/mol. The Morgan fingerprint density at radius 3 is 2.82 bits per heavy atom. The Morgan fingerprint density at radius 1 is 1.25 bits per heavy atom. The van der Waals surface area contributed by atoms with Gasteiger partial charge in [0.05, 0.1) is 11.4 Å². The molecule has 2 aromatic heterocycles. The largest absolute Gasteiger partial charge is 0.435 e. The first kappa shape index (κ1) is 18.7.